The van der Waals surface area contributed by atoms with E-state index in [2.05, 4.69) is 11.6 Å². The molecule has 0 aliphatic carbocycles. The van der Waals surface area contributed by atoms with Crippen LogP contribution in [0.2, 0.25) is 0 Å². The number of aromatic nitrogens is 1. The van der Waals surface area contributed by atoms with Crippen molar-refractivity contribution in [3.8, 4) is 0 Å². The minimum Gasteiger partial charge on any atom is -0.295 e. The van der Waals surface area contributed by atoms with Gasteiger partial charge in [-0.2, -0.15) is 0 Å². The second-order valence-corrected chi connectivity index (χ2v) is 2.73. The Balaban J connectivity index is 3.11. The van der Waals surface area contributed by atoms with Gasteiger partial charge in [0, 0.05) is 23.5 Å². The third kappa shape index (κ3) is 1.59. The molecule has 62 valence electrons. The molecule has 1 aromatic heterocycles. The van der Waals surface area contributed by atoms with E-state index in [1.54, 1.807) is 12.4 Å². The SMILES string of the molecule is C=C(C(C)=O)c1cnccc1C. The van der Waals surface area contributed by atoms with Gasteiger partial charge in [0.2, 0.25) is 0 Å². The lowest BCUT2D eigenvalue weighted by atomic mass is 10.0. The highest BCUT2D eigenvalue weighted by atomic mass is 16.1. The van der Waals surface area contributed by atoms with Gasteiger partial charge in [-0.05, 0) is 25.5 Å². The summed E-state index contributed by atoms with van der Waals surface area (Å²) in [4.78, 5) is 14.9. The molecule has 0 aliphatic heterocycles. The van der Waals surface area contributed by atoms with Crippen LogP contribution in [0.25, 0.3) is 5.57 Å². The first kappa shape index (κ1) is 8.65. The van der Waals surface area contributed by atoms with Crippen LogP contribution in [0.15, 0.2) is 25.0 Å². The lowest BCUT2D eigenvalue weighted by Gasteiger charge is -2.03. The number of carbonyl (C=O) groups is 1. The Morgan fingerprint density at radius 1 is 1.58 bits per heavy atom. The number of hydrogen-bond donors (Lipinski definition) is 0. The summed E-state index contributed by atoms with van der Waals surface area (Å²) in [6, 6.07) is 1.86. The summed E-state index contributed by atoms with van der Waals surface area (Å²) in [5, 5.41) is 0. The van der Waals surface area contributed by atoms with Crippen molar-refractivity contribution in [3.63, 3.8) is 0 Å². The average molecular weight is 161 g/mol. The molecule has 2 heteroatoms. The molecule has 2 nitrogen and oxygen atoms in total. The van der Waals surface area contributed by atoms with Crippen molar-refractivity contribution < 1.29 is 4.79 Å². The predicted molar refractivity (Wildman–Crippen MR) is 48.7 cm³/mol. The van der Waals surface area contributed by atoms with E-state index in [0.717, 1.165) is 11.1 Å². The molecule has 0 radical (unpaired) electrons. The smallest absolute Gasteiger partial charge is 0.159 e. The van der Waals surface area contributed by atoms with Crippen LogP contribution in [0, 0.1) is 6.92 Å². The maximum Gasteiger partial charge on any atom is 0.159 e. The van der Waals surface area contributed by atoms with Crippen molar-refractivity contribution in [2.75, 3.05) is 0 Å². The zero-order valence-electron chi connectivity index (χ0n) is 7.29. The van der Waals surface area contributed by atoms with Crippen molar-refractivity contribution in [1.29, 1.82) is 0 Å². The Kier molecular flexibility index (Phi) is 2.38. The number of pyridine rings is 1. The van der Waals surface area contributed by atoms with E-state index in [-0.39, 0.29) is 5.78 Å². The Hall–Kier alpha value is -1.44. The van der Waals surface area contributed by atoms with Gasteiger partial charge >= 0.3 is 0 Å². The van der Waals surface area contributed by atoms with Gasteiger partial charge in [0.1, 0.15) is 0 Å². The number of rotatable bonds is 2. The van der Waals surface area contributed by atoms with Gasteiger partial charge < -0.3 is 0 Å². The van der Waals surface area contributed by atoms with Gasteiger partial charge in [0.25, 0.3) is 0 Å². The van der Waals surface area contributed by atoms with Crippen LogP contribution in [0.3, 0.4) is 0 Å². The molecule has 0 amide bonds. The van der Waals surface area contributed by atoms with E-state index in [4.69, 9.17) is 0 Å². The van der Waals surface area contributed by atoms with Crippen LogP contribution in [0.5, 0.6) is 0 Å². The Bertz CT molecular complexity index is 328. The fourth-order valence-electron chi connectivity index (χ4n) is 0.970. The minimum atomic E-state index is -0.00824. The van der Waals surface area contributed by atoms with Gasteiger partial charge in [-0.15, -0.1) is 0 Å². The number of hydrogen-bond acceptors (Lipinski definition) is 2. The van der Waals surface area contributed by atoms with Gasteiger partial charge in [-0.1, -0.05) is 6.58 Å². The predicted octanol–water partition coefficient (Wildman–Crippen LogP) is 1.99. The van der Waals surface area contributed by atoms with E-state index < -0.39 is 0 Å². The van der Waals surface area contributed by atoms with E-state index in [9.17, 15) is 4.79 Å². The molecule has 12 heavy (non-hydrogen) atoms. The topological polar surface area (TPSA) is 30.0 Å². The third-order valence-corrected chi connectivity index (χ3v) is 1.79. The van der Waals surface area contributed by atoms with Gasteiger partial charge in [0.05, 0.1) is 0 Å². The van der Waals surface area contributed by atoms with Crippen LogP contribution in [-0.4, -0.2) is 10.8 Å². The van der Waals surface area contributed by atoms with Crippen LogP contribution in [-0.2, 0) is 4.79 Å². The normalized spacial score (nSPS) is 9.50. The molecule has 0 atom stereocenters. The van der Waals surface area contributed by atoms with Gasteiger partial charge in [-0.3, -0.25) is 9.78 Å². The first-order valence-corrected chi connectivity index (χ1v) is 3.73. The first-order chi connectivity index (χ1) is 5.63. The molecule has 0 saturated carbocycles. The molecule has 0 fully saturated rings. The first-order valence-electron chi connectivity index (χ1n) is 3.73. The molecule has 1 aromatic rings. The largest absolute Gasteiger partial charge is 0.295 e. The molecule has 1 rings (SSSR count). The number of carbonyl (C=O) groups excluding carboxylic acids is 1. The molecule has 0 aromatic carbocycles. The number of allylic oxidation sites excluding steroid dienone is 1. The Morgan fingerprint density at radius 2 is 2.25 bits per heavy atom. The van der Waals surface area contributed by atoms with Crippen LogP contribution >= 0.6 is 0 Å². The average Bonchev–Trinajstić information content (AvgIpc) is 2.04. The van der Waals surface area contributed by atoms with Crippen molar-refractivity contribution in [2.45, 2.75) is 13.8 Å². The lowest BCUT2D eigenvalue weighted by Crippen LogP contribution is -1.96. The zero-order chi connectivity index (χ0) is 9.14. The van der Waals surface area contributed by atoms with Crippen LogP contribution < -0.4 is 0 Å². The molecule has 0 bridgehead atoms. The van der Waals surface area contributed by atoms with E-state index in [1.165, 1.54) is 6.92 Å². The van der Waals surface area contributed by atoms with E-state index in [0.29, 0.717) is 5.57 Å². The quantitative estimate of drug-likeness (QED) is 0.621. The molecule has 0 saturated heterocycles. The molecular formula is C10H11NO. The Labute approximate surface area is 71.9 Å². The number of aryl methyl sites for hydroxylation is 1. The minimum absolute atomic E-state index is 0.00824. The molecule has 0 unspecified atom stereocenters. The molecule has 1 heterocycles. The summed E-state index contributed by atoms with van der Waals surface area (Å²) in [6.45, 7) is 7.14. The van der Waals surface area contributed by atoms with Crippen molar-refractivity contribution in [2.24, 2.45) is 0 Å². The molecular weight excluding hydrogens is 150 g/mol. The summed E-state index contributed by atoms with van der Waals surface area (Å²) in [5.74, 6) is -0.00824. The molecule has 0 spiro atoms. The monoisotopic (exact) mass is 161 g/mol. The summed E-state index contributed by atoms with van der Waals surface area (Å²) >= 11 is 0. The zero-order valence-corrected chi connectivity index (χ0v) is 7.29. The van der Waals surface area contributed by atoms with Gasteiger partial charge in [0.15, 0.2) is 5.78 Å². The lowest BCUT2D eigenvalue weighted by molar-refractivity contribution is -0.111. The standard InChI is InChI=1S/C10H11NO/c1-7-4-5-11-6-10(7)8(2)9(3)12/h4-6H,2H2,1,3H3. The summed E-state index contributed by atoms with van der Waals surface area (Å²) in [6.07, 6.45) is 3.37. The summed E-state index contributed by atoms with van der Waals surface area (Å²) < 4.78 is 0. The highest BCUT2D eigenvalue weighted by molar-refractivity contribution is 6.18. The van der Waals surface area contributed by atoms with E-state index >= 15 is 0 Å². The maximum atomic E-state index is 11.0. The van der Waals surface area contributed by atoms with Crippen molar-refractivity contribution >= 4 is 11.4 Å². The summed E-state index contributed by atoms with van der Waals surface area (Å²) in [5.41, 5.74) is 2.40. The second-order valence-electron chi connectivity index (χ2n) is 2.73. The second kappa shape index (κ2) is 3.30. The highest BCUT2D eigenvalue weighted by Crippen LogP contribution is 2.15. The van der Waals surface area contributed by atoms with E-state index in [1.807, 2.05) is 13.0 Å². The molecule has 0 aliphatic rings. The number of ketones is 1. The third-order valence-electron chi connectivity index (χ3n) is 1.79. The number of nitrogens with zero attached hydrogens (tertiary/aromatic N) is 1. The van der Waals surface area contributed by atoms with Crippen molar-refractivity contribution in [1.82, 2.24) is 4.98 Å². The fourth-order valence-corrected chi connectivity index (χ4v) is 0.970. The molecule has 0 N–H and O–H groups in total. The van der Waals surface area contributed by atoms with Crippen LogP contribution in [0.4, 0.5) is 0 Å². The highest BCUT2D eigenvalue weighted by Gasteiger charge is 2.05. The number of Topliss-reactive ketones (excluding diaryl/α,β-unsaturated/α-hetero) is 1. The van der Waals surface area contributed by atoms with Crippen molar-refractivity contribution in [3.05, 3.63) is 36.2 Å². The fraction of sp³-hybridized carbons (Fsp3) is 0.200. The Morgan fingerprint density at radius 3 is 2.75 bits per heavy atom. The van der Waals surface area contributed by atoms with Crippen LogP contribution in [0.1, 0.15) is 18.1 Å². The maximum absolute atomic E-state index is 11.0. The summed E-state index contributed by atoms with van der Waals surface area (Å²) in [7, 11) is 0. The van der Waals surface area contributed by atoms with Gasteiger partial charge in [-0.25, -0.2) is 0 Å².